The highest BCUT2D eigenvalue weighted by atomic mass is 16.6. The van der Waals surface area contributed by atoms with Crippen LogP contribution >= 0.6 is 0 Å². The third kappa shape index (κ3) is 6.92. The maximum Gasteiger partial charge on any atom is 0.407 e. The maximum atomic E-state index is 14.5. The number of alkyl carbamates (subject to hydrolysis) is 1. The molecule has 43 heavy (non-hydrogen) atoms. The molecule has 226 valence electrons. The van der Waals surface area contributed by atoms with Crippen LogP contribution in [0.3, 0.4) is 0 Å². The molecule has 8 heteroatoms. The standard InChI is InChI=1S/C35H40N2O6/c1-34(2,3)43-33(42)37-28(17-22-9-5-4-6-10-22)30(40)20-35(19-23-13-15-25(38)16-14-23)32(41)27(21-36-35)31-26-12-8-7-11-24(26)18-29(31)39/h4-16,21,28-31,36,38-40H,17-20H2,1-3H3,(H,37,42)/t28-,29+,30-,31+,35-/m0/s1. The lowest BCUT2D eigenvalue weighted by atomic mass is 9.76. The Hall–Kier alpha value is -4.14. The fraction of sp³-hybridized carbons (Fsp3) is 0.371. The Morgan fingerprint density at radius 3 is 2.40 bits per heavy atom. The zero-order valence-corrected chi connectivity index (χ0v) is 24.8. The molecular weight excluding hydrogens is 544 g/mol. The van der Waals surface area contributed by atoms with Gasteiger partial charge in [0, 0.05) is 30.5 Å². The van der Waals surface area contributed by atoms with Crippen molar-refractivity contribution in [1.82, 2.24) is 10.6 Å². The average Bonchev–Trinajstić information content (AvgIpc) is 3.44. The number of aromatic hydroxyl groups is 1. The van der Waals surface area contributed by atoms with Crippen molar-refractivity contribution in [2.24, 2.45) is 0 Å². The van der Waals surface area contributed by atoms with Crippen LogP contribution in [0.5, 0.6) is 5.75 Å². The second-order valence-electron chi connectivity index (χ2n) is 12.7. The van der Waals surface area contributed by atoms with Crippen molar-refractivity contribution in [3.8, 4) is 5.75 Å². The molecule has 1 amide bonds. The van der Waals surface area contributed by atoms with E-state index in [1.165, 1.54) is 0 Å². The van der Waals surface area contributed by atoms with Crippen LogP contribution in [-0.2, 0) is 28.8 Å². The number of hydrogen-bond donors (Lipinski definition) is 5. The fourth-order valence-electron chi connectivity index (χ4n) is 6.23. The molecule has 0 spiro atoms. The number of phenolic OH excluding ortho intramolecular Hbond substituents is 1. The van der Waals surface area contributed by atoms with Crippen LogP contribution in [0.15, 0.2) is 90.6 Å². The fourth-order valence-corrected chi connectivity index (χ4v) is 6.23. The molecule has 8 nitrogen and oxygen atoms in total. The summed E-state index contributed by atoms with van der Waals surface area (Å²) in [4.78, 5) is 27.3. The summed E-state index contributed by atoms with van der Waals surface area (Å²) in [6.45, 7) is 5.31. The molecule has 5 atom stereocenters. The first-order valence-corrected chi connectivity index (χ1v) is 14.7. The van der Waals surface area contributed by atoms with Gasteiger partial charge >= 0.3 is 6.09 Å². The van der Waals surface area contributed by atoms with E-state index in [2.05, 4.69) is 10.6 Å². The summed E-state index contributed by atoms with van der Waals surface area (Å²) in [5, 5.41) is 38.8. The third-order valence-corrected chi connectivity index (χ3v) is 8.20. The van der Waals surface area contributed by atoms with Gasteiger partial charge in [0.15, 0.2) is 5.78 Å². The lowest BCUT2D eigenvalue weighted by molar-refractivity contribution is -0.122. The van der Waals surface area contributed by atoms with E-state index in [-0.39, 0.29) is 24.4 Å². The Bertz CT molecular complexity index is 1480. The Labute approximate surface area is 252 Å². The van der Waals surface area contributed by atoms with E-state index in [1.807, 2.05) is 54.6 Å². The molecule has 5 rings (SSSR count). The minimum atomic E-state index is -1.26. The van der Waals surface area contributed by atoms with Gasteiger partial charge in [-0.2, -0.15) is 0 Å². The summed E-state index contributed by atoms with van der Waals surface area (Å²) < 4.78 is 5.50. The summed E-state index contributed by atoms with van der Waals surface area (Å²) in [7, 11) is 0. The lowest BCUT2D eigenvalue weighted by Gasteiger charge is -2.35. The van der Waals surface area contributed by atoms with Crippen molar-refractivity contribution < 1.29 is 29.6 Å². The van der Waals surface area contributed by atoms with Crippen LogP contribution in [0.1, 0.15) is 55.4 Å². The molecule has 0 saturated heterocycles. The molecule has 1 heterocycles. The molecule has 0 fully saturated rings. The van der Waals surface area contributed by atoms with Gasteiger partial charge in [-0.15, -0.1) is 0 Å². The van der Waals surface area contributed by atoms with Crippen molar-refractivity contribution in [3.05, 3.63) is 113 Å². The van der Waals surface area contributed by atoms with Crippen molar-refractivity contribution in [2.45, 2.75) is 81.8 Å². The number of ketones is 1. The van der Waals surface area contributed by atoms with Gasteiger partial charge < -0.3 is 30.7 Å². The lowest BCUT2D eigenvalue weighted by Crippen LogP contribution is -2.55. The molecule has 0 saturated carbocycles. The summed E-state index contributed by atoms with van der Waals surface area (Å²) in [5.74, 6) is -0.594. The second kappa shape index (κ2) is 12.2. The third-order valence-electron chi connectivity index (χ3n) is 8.20. The molecular formula is C35H40N2O6. The number of hydrogen-bond acceptors (Lipinski definition) is 7. The Balaban J connectivity index is 1.45. The predicted molar refractivity (Wildman–Crippen MR) is 164 cm³/mol. The SMILES string of the molecule is CC(C)(C)OC(=O)N[C@@H](Cc1ccccc1)[C@@H](O)C[C@]1(Cc2ccc(O)cc2)NC=C([C@H]2c3ccccc3C[C@H]2O)C1=O. The van der Waals surface area contributed by atoms with E-state index in [9.17, 15) is 24.9 Å². The normalized spacial score (nSPS) is 22.7. The first-order chi connectivity index (χ1) is 20.4. The van der Waals surface area contributed by atoms with Crippen LogP contribution in [0.4, 0.5) is 4.79 Å². The number of phenols is 1. The van der Waals surface area contributed by atoms with E-state index in [0.717, 1.165) is 22.3 Å². The monoisotopic (exact) mass is 584 g/mol. The smallest absolute Gasteiger partial charge is 0.407 e. The van der Waals surface area contributed by atoms with Crippen molar-refractivity contribution in [1.29, 1.82) is 0 Å². The highest BCUT2D eigenvalue weighted by molar-refractivity contribution is 6.06. The van der Waals surface area contributed by atoms with Crippen LogP contribution in [0.2, 0.25) is 0 Å². The van der Waals surface area contributed by atoms with E-state index in [1.54, 1.807) is 51.2 Å². The summed E-state index contributed by atoms with van der Waals surface area (Å²) >= 11 is 0. The van der Waals surface area contributed by atoms with Crippen molar-refractivity contribution >= 4 is 11.9 Å². The molecule has 0 unspecified atom stereocenters. The van der Waals surface area contributed by atoms with Crippen LogP contribution in [0, 0.1) is 0 Å². The van der Waals surface area contributed by atoms with Gasteiger partial charge in [-0.1, -0.05) is 66.7 Å². The van der Waals surface area contributed by atoms with Crippen LogP contribution < -0.4 is 10.6 Å². The number of benzene rings is 3. The van der Waals surface area contributed by atoms with E-state index < -0.39 is 41.4 Å². The summed E-state index contributed by atoms with van der Waals surface area (Å²) in [5.41, 5.74) is 2.10. The second-order valence-corrected chi connectivity index (χ2v) is 12.7. The minimum absolute atomic E-state index is 0.0233. The van der Waals surface area contributed by atoms with E-state index in [4.69, 9.17) is 4.74 Å². The van der Waals surface area contributed by atoms with Gasteiger partial charge in [0.05, 0.1) is 18.2 Å². The summed E-state index contributed by atoms with van der Waals surface area (Å²) in [6.07, 6.45) is 0.104. The van der Waals surface area contributed by atoms with E-state index in [0.29, 0.717) is 18.4 Å². The van der Waals surface area contributed by atoms with Gasteiger partial charge in [-0.05, 0) is 68.0 Å². The Kier molecular flexibility index (Phi) is 8.62. The number of fused-ring (bicyclic) bond motifs is 1. The molecule has 0 bridgehead atoms. The first kappa shape index (κ1) is 30.3. The molecule has 5 N–H and O–H groups in total. The molecule has 0 radical (unpaired) electrons. The van der Waals surface area contributed by atoms with Crippen molar-refractivity contribution in [2.75, 3.05) is 0 Å². The summed E-state index contributed by atoms with van der Waals surface area (Å²) in [6, 6.07) is 23.1. The number of rotatable bonds is 9. The highest BCUT2D eigenvalue weighted by Gasteiger charge is 2.50. The number of carbonyl (C=O) groups excluding carboxylic acids is 2. The zero-order valence-electron chi connectivity index (χ0n) is 24.8. The number of ether oxygens (including phenoxy) is 1. The average molecular weight is 585 g/mol. The van der Waals surface area contributed by atoms with Gasteiger partial charge in [0.25, 0.3) is 0 Å². The maximum absolute atomic E-state index is 14.5. The number of nitrogens with one attached hydrogen (secondary N) is 2. The quantitative estimate of drug-likeness (QED) is 0.254. The van der Waals surface area contributed by atoms with Crippen LogP contribution in [0.25, 0.3) is 0 Å². The molecule has 3 aromatic carbocycles. The zero-order chi connectivity index (χ0) is 30.8. The van der Waals surface area contributed by atoms with Gasteiger partial charge in [-0.25, -0.2) is 4.79 Å². The Morgan fingerprint density at radius 2 is 1.70 bits per heavy atom. The minimum Gasteiger partial charge on any atom is -0.508 e. The topological polar surface area (TPSA) is 128 Å². The highest BCUT2D eigenvalue weighted by Crippen LogP contribution is 2.43. The molecule has 1 aliphatic carbocycles. The molecule has 1 aliphatic heterocycles. The number of carbonyl (C=O) groups is 2. The largest absolute Gasteiger partial charge is 0.508 e. The van der Waals surface area contributed by atoms with Crippen LogP contribution in [-0.4, -0.2) is 56.6 Å². The molecule has 0 aromatic heterocycles. The Morgan fingerprint density at radius 1 is 1.02 bits per heavy atom. The van der Waals surface area contributed by atoms with Gasteiger partial charge in [-0.3, -0.25) is 4.79 Å². The predicted octanol–water partition coefficient (Wildman–Crippen LogP) is 4.32. The first-order valence-electron chi connectivity index (χ1n) is 14.7. The van der Waals surface area contributed by atoms with E-state index >= 15 is 0 Å². The number of aliphatic hydroxyl groups excluding tert-OH is 2. The molecule has 3 aromatic rings. The number of Topliss-reactive ketones (excluding diaryl/α,β-unsaturated/α-hetero) is 1. The van der Waals surface area contributed by atoms with Crippen molar-refractivity contribution in [3.63, 3.8) is 0 Å². The number of amides is 1. The van der Waals surface area contributed by atoms with Gasteiger partial charge in [0.2, 0.25) is 0 Å². The number of aliphatic hydroxyl groups is 2. The molecule has 2 aliphatic rings. The van der Waals surface area contributed by atoms with Gasteiger partial charge in [0.1, 0.15) is 16.9 Å².